The van der Waals surface area contributed by atoms with Crippen molar-refractivity contribution in [3.63, 3.8) is 0 Å². The lowest BCUT2D eigenvalue weighted by Crippen LogP contribution is -2.18. The lowest BCUT2D eigenvalue weighted by atomic mass is 9.92. The van der Waals surface area contributed by atoms with E-state index < -0.39 is 12.0 Å². The van der Waals surface area contributed by atoms with E-state index in [2.05, 4.69) is 15.0 Å². The summed E-state index contributed by atoms with van der Waals surface area (Å²) < 4.78 is 5.81. The summed E-state index contributed by atoms with van der Waals surface area (Å²) in [7, 11) is 0. The molecule has 0 radical (unpaired) electrons. The fraction of sp³-hybridized carbons (Fsp3) is 0.250. The van der Waals surface area contributed by atoms with E-state index in [0.29, 0.717) is 33.9 Å². The van der Waals surface area contributed by atoms with E-state index in [1.807, 2.05) is 13.0 Å². The van der Waals surface area contributed by atoms with Gasteiger partial charge < -0.3 is 9.52 Å². The first-order valence-corrected chi connectivity index (χ1v) is 9.09. The van der Waals surface area contributed by atoms with Crippen LogP contribution < -0.4 is 0 Å². The van der Waals surface area contributed by atoms with Crippen LogP contribution in [0.3, 0.4) is 0 Å². The van der Waals surface area contributed by atoms with Gasteiger partial charge in [-0.3, -0.25) is 0 Å². The van der Waals surface area contributed by atoms with E-state index in [0.717, 1.165) is 16.7 Å². The summed E-state index contributed by atoms with van der Waals surface area (Å²) in [6, 6.07) is 10.6. The average molecular weight is 402 g/mol. The van der Waals surface area contributed by atoms with Crippen molar-refractivity contribution < 1.29 is 9.52 Å². The Morgan fingerprint density at radius 2 is 1.85 bits per heavy atom. The summed E-state index contributed by atoms with van der Waals surface area (Å²) in [5.41, 5.74) is 2.90. The summed E-state index contributed by atoms with van der Waals surface area (Å²) in [4.78, 5) is 3.41. The quantitative estimate of drug-likeness (QED) is 0.564. The van der Waals surface area contributed by atoms with Gasteiger partial charge in [0.1, 0.15) is 0 Å². The normalized spacial score (nSPS) is 13.2. The zero-order chi connectivity index (χ0) is 19.6. The number of hydrogen-bond donors (Lipinski definition) is 1. The van der Waals surface area contributed by atoms with Crippen LogP contribution in [0.5, 0.6) is 0 Å². The SMILES string of the molecule is [C-]#[N+]c1ccc(C[C@@H](c2nnc(-c3ccc(Cl)cc3)o2)[C@H](C)O)c(C)c1Cl. The van der Waals surface area contributed by atoms with Gasteiger partial charge in [0.15, 0.2) is 0 Å². The average Bonchev–Trinajstić information content (AvgIpc) is 3.13. The zero-order valence-corrected chi connectivity index (χ0v) is 16.3. The fourth-order valence-corrected chi connectivity index (χ4v) is 3.17. The second-order valence-electron chi connectivity index (χ2n) is 6.30. The minimum Gasteiger partial charge on any atom is -0.420 e. The Kier molecular flexibility index (Phi) is 5.81. The lowest BCUT2D eigenvalue weighted by Gasteiger charge is -2.18. The summed E-state index contributed by atoms with van der Waals surface area (Å²) in [5, 5.41) is 19.5. The summed E-state index contributed by atoms with van der Waals surface area (Å²) >= 11 is 12.2. The Balaban J connectivity index is 1.90. The maximum Gasteiger partial charge on any atom is 0.247 e. The van der Waals surface area contributed by atoms with Crippen molar-refractivity contribution in [1.29, 1.82) is 0 Å². The molecule has 5 nitrogen and oxygen atoms in total. The maximum atomic E-state index is 10.3. The van der Waals surface area contributed by atoms with Crippen molar-refractivity contribution in [2.45, 2.75) is 32.3 Å². The van der Waals surface area contributed by atoms with Crippen LogP contribution >= 0.6 is 23.2 Å². The fourth-order valence-electron chi connectivity index (χ4n) is 2.81. The molecule has 138 valence electrons. The van der Waals surface area contributed by atoms with E-state index in [4.69, 9.17) is 34.2 Å². The molecule has 1 aromatic heterocycles. The zero-order valence-electron chi connectivity index (χ0n) is 14.8. The van der Waals surface area contributed by atoms with E-state index in [-0.39, 0.29) is 0 Å². The molecule has 0 bridgehead atoms. The minimum absolute atomic E-state index is 0.347. The first-order chi connectivity index (χ1) is 12.9. The number of aliphatic hydroxyl groups excluding tert-OH is 1. The van der Waals surface area contributed by atoms with E-state index in [1.54, 1.807) is 37.3 Å². The molecule has 0 fully saturated rings. The molecule has 2 atom stereocenters. The molecule has 0 saturated heterocycles. The van der Waals surface area contributed by atoms with Gasteiger partial charge in [-0.2, -0.15) is 0 Å². The van der Waals surface area contributed by atoms with Gasteiger partial charge in [-0.15, -0.1) is 10.2 Å². The maximum absolute atomic E-state index is 10.3. The van der Waals surface area contributed by atoms with Crippen molar-refractivity contribution in [3.05, 3.63) is 74.9 Å². The highest BCUT2D eigenvalue weighted by molar-refractivity contribution is 6.34. The Hall–Kier alpha value is -2.39. The largest absolute Gasteiger partial charge is 0.420 e. The number of rotatable bonds is 5. The summed E-state index contributed by atoms with van der Waals surface area (Å²) in [6.45, 7) is 10.7. The number of benzene rings is 2. The van der Waals surface area contributed by atoms with E-state index in [9.17, 15) is 5.11 Å². The highest BCUT2D eigenvalue weighted by atomic mass is 35.5. The number of aromatic nitrogens is 2. The molecule has 0 amide bonds. The molecular formula is C20H17Cl2N3O2. The molecule has 1 N–H and O–H groups in total. The smallest absolute Gasteiger partial charge is 0.247 e. The van der Waals surface area contributed by atoms with Crippen LogP contribution in [-0.4, -0.2) is 21.4 Å². The van der Waals surface area contributed by atoms with Crippen LogP contribution in [0.15, 0.2) is 40.8 Å². The van der Waals surface area contributed by atoms with Crippen LogP contribution in [-0.2, 0) is 6.42 Å². The van der Waals surface area contributed by atoms with Crippen LogP contribution in [0.2, 0.25) is 10.0 Å². The molecule has 0 aliphatic carbocycles. The Morgan fingerprint density at radius 3 is 2.48 bits per heavy atom. The van der Waals surface area contributed by atoms with Gasteiger partial charge in [0.25, 0.3) is 0 Å². The van der Waals surface area contributed by atoms with E-state index >= 15 is 0 Å². The summed E-state index contributed by atoms with van der Waals surface area (Å²) in [5.74, 6) is 0.317. The number of halogens is 2. The van der Waals surface area contributed by atoms with Crippen molar-refractivity contribution >= 4 is 28.9 Å². The van der Waals surface area contributed by atoms with Gasteiger partial charge in [0.05, 0.1) is 23.6 Å². The molecule has 0 unspecified atom stereocenters. The highest BCUT2D eigenvalue weighted by Gasteiger charge is 2.26. The molecule has 3 rings (SSSR count). The van der Waals surface area contributed by atoms with Crippen LogP contribution in [0.1, 0.15) is 29.9 Å². The first-order valence-electron chi connectivity index (χ1n) is 8.33. The van der Waals surface area contributed by atoms with E-state index in [1.165, 1.54) is 0 Å². The van der Waals surface area contributed by atoms with Gasteiger partial charge in [0, 0.05) is 10.6 Å². The molecule has 2 aromatic carbocycles. The Labute approximate surface area is 167 Å². The molecule has 7 heteroatoms. The van der Waals surface area contributed by atoms with Gasteiger partial charge in [-0.1, -0.05) is 35.3 Å². The second kappa shape index (κ2) is 8.10. The predicted octanol–water partition coefficient (Wildman–Crippen LogP) is 5.61. The lowest BCUT2D eigenvalue weighted by molar-refractivity contribution is 0.148. The standard InChI is InChI=1S/C20H17Cl2N3O2/c1-11-14(6-9-17(23-3)18(11)22)10-16(12(2)26)20-25-24-19(27-20)13-4-7-15(21)8-5-13/h4-9,12,16,26H,10H2,1-2H3/t12-,16+/m0/s1. The minimum atomic E-state index is -0.706. The molecular weight excluding hydrogens is 385 g/mol. The van der Waals surface area contributed by atoms with Gasteiger partial charge in [-0.05, 0) is 55.7 Å². The summed E-state index contributed by atoms with van der Waals surface area (Å²) in [6.07, 6.45) is -0.244. The predicted molar refractivity (Wildman–Crippen MR) is 105 cm³/mol. The Bertz CT molecular complexity index is 991. The number of hydrogen-bond acceptors (Lipinski definition) is 4. The number of aliphatic hydroxyl groups is 1. The third-order valence-corrected chi connectivity index (χ3v) is 5.20. The van der Waals surface area contributed by atoms with Gasteiger partial charge in [-0.25, -0.2) is 4.85 Å². The molecule has 3 aromatic rings. The van der Waals surface area contributed by atoms with Crippen LogP contribution in [0.25, 0.3) is 16.3 Å². The van der Waals surface area contributed by atoms with Crippen molar-refractivity contribution in [2.75, 3.05) is 0 Å². The topological polar surface area (TPSA) is 63.5 Å². The van der Waals surface area contributed by atoms with Crippen molar-refractivity contribution in [3.8, 4) is 11.5 Å². The second-order valence-corrected chi connectivity index (χ2v) is 7.11. The number of nitrogens with zero attached hydrogens (tertiary/aromatic N) is 3. The molecule has 1 heterocycles. The monoisotopic (exact) mass is 401 g/mol. The van der Waals surface area contributed by atoms with Crippen LogP contribution in [0, 0.1) is 13.5 Å². The van der Waals surface area contributed by atoms with Crippen LogP contribution in [0.4, 0.5) is 5.69 Å². The Morgan fingerprint density at radius 1 is 1.15 bits per heavy atom. The van der Waals surface area contributed by atoms with Gasteiger partial charge in [0.2, 0.25) is 17.5 Å². The van der Waals surface area contributed by atoms with Crippen molar-refractivity contribution in [1.82, 2.24) is 10.2 Å². The molecule has 27 heavy (non-hydrogen) atoms. The molecule has 0 spiro atoms. The first kappa shape index (κ1) is 19.4. The third-order valence-electron chi connectivity index (χ3n) is 4.47. The molecule has 0 aliphatic rings. The highest BCUT2D eigenvalue weighted by Crippen LogP contribution is 2.34. The third kappa shape index (κ3) is 4.14. The van der Waals surface area contributed by atoms with Gasteiger partial charge >= 0.3 is 0 Å². The van der Waals surface area contributed by atoms with Crippen molar-refractivity contribution in [2.24, 2.45) is 0 Å². The molecule has 0 saturated carbocycles. The molecule has 0 aliphatic heterocycles.